The number of rotatable bonds is 6. The zero-order chi connectivity index (χ0) is 24.2. The summed E-state index contributed by atoms with van der Waals surface area (Å²) in [6.45, 7) is 9.47. The van der Waals surface area contributed by atoms with Gasteiger partial charge in [-0.2, -0.15) is 0 Å². The number of aliphatic hydroxyl groups is 1. The summed E-state index contributed by atoms with van der Waals surface area (Å²) in [4.78, 5) is 5.19. The summed E-state index contributed by atoms with van der Waals surface area (Å²) < 4.78 is 6.16. The van der Waals surface area contributed by atoms with Crippen LogP contribution in [0.5, 0.6) is 5.75 Å². The summed E-state index contributed by atoms with van der Waals surface area (Å²) >= 11 is 0. The Hall–Kier alpha value is -2.66. The molecule has 0 saturated carbocycles. The number of fused-ring (bicyclic) bond motifs is 1. The van der Waals surface area contributed by atoms with Crippen molar-refractivity contribution in [2.75, 3.05) is 26.2 Å². The first-order chi connectivity index (χ1) is 17.1. The van der Waals surface area contributed by atoms with Gasteiger partial charge in [-0.05, 0) is 68.6 Å². The highest BCUT2D eigenvalue weighted by Crippen LogP contribution is 2.38. The second-order valence-corrected chi connectivity index (χ2v) is 10.3. The van der Waals surface area contributed by atoms with Crippen molar-refractivity contribution in [3.63, 3.8) is 0 Å². The fourth-order valence-corrected chi connectivity index (χ4v) is 5.77. The lowest BCUT2D eigenvalue weighted by Crippen LogP contribution is -2.47. The van der Waals surface area contributed by atoms with Crippen molar-refractivity contribution < 1.29 is 9.84 Å². The van der Waals surface area contributed by atoms with E-state index in [0.717, 1.165) is 42.1 Å². The molecular weight excluding hydrogens is 432 g/mol. The maximum Gasteiger partial charge on any atom is 0.123 e. The fourth-order valence-electron chi connectivity index (χ4n) is 5.77. The molecule has 0 amide bonds. The van der Waals surface area contributed by atoms with Crippen LogP contribution < -0.4 is 4.74 Å². The average molecular weight is 471 g/mol. The summed E-state index contributed by atoms with van der Waals surface area (Å²) in [6.07, 6.45) is 1.77. The maximum atomic E-state index is 11.7. The smallest absolute Gasteiger partial charge is 0.123 e. The lowest BCUT2D eigenvalue weighted by Gasteiger charge is -2.39. The van der Waals surface area contributed by atoms with E-state index in [1.807, 2.05) is 42.5 Å². The predicted octanol–water partition coefficient (Wildman–Crippen LogP) is 5.62. The van der Waals surface area contributed by atoms with E-state index in [9.17, 15) is 5.11 Å². The number of nitrogens with zero attached hydrogens (tertiary/aromatic N) is 2. The lowest BCUT2D eigenvalue weighted by atomic mass is 9.83. The van der Waals surface area contributed by atoms with Crippen LogP contribution in [0.15, 0.2) is 78.9 Å². The van der Waals surface area contributed by atoms with Gasteiger partial charge in [0, 0.05) is 36.7 Å². The lowest BCUT2D eigenvalue weighted by molar-refractivity contribution is 0.0832. The van der Waals surface area contributed by atoms with Crippen LogP contribution in [-0.2, 0) is 6.54 Å². The zero-order valence-electron chi connectivity index (χ0n) is 21.0. The minimum atomic E-state index is -0.643. The first-order valence-corrected chi connectivity index (χ1v) is 13.1. The van der Waals surface area contributed by atoms with Crippen LogP contribution in [0.2, 0.25) is 0 Å². The Morgan fingerprint density at radius 1 is 0.800 bits per heavy atom. The van der Waals surface area contributed by atoms with Crippen molar-refractivity contribution in [2.45, 2.75) is 57.3 Å². The Bertz CT molecular complexity index is 1040. The quantitative estimate of drug-likeness (QED) is 0.507. The van der Waals surface area contributed by atoms with Crippen LogP contribution in [0, 0.1) is 0 Å². The van der Waals surface area contributed by atoms with Crippen LogP contribution in [0.25, 0.3) is 0 Å². The van der Waals surface area contributed by atoms with Gasteiger partial charge in [-0.25, -0.2) is 0 Å². The van der Waals surface area contributed by atoms with Crippen molar-refractivity contribution in [2.24, 2.45) is 0 Å². The van der Waals surface area contributed by atoms with E-state index in [2.05, 4.69) is 60.0 Å². The SMILES string of the molecule is CC(C)N1CCC(N2CCOc3ccc([C@H](O)C(c4ccccc4)c4ccccc4)cc3C2)CC1. The third-order valence-electron chi connectivity index (χ3n) is 7.81. The summed E-state index contributed by atoms with van der Waals surface area (Å²) in [5.41, 5.74) is 4.37. The third-order valence-corrected chi connectivity index (χ3v) is 7.81. The monoisotopic (exact) mass is 470 g/mol. The molecule has 2 aliphatic heterocycles. The average Bonchev–Trinajstić information content (AvgIpc) is 3.12. The van der Waals surface area contributed by atoms with Gasteiger partial charge in [0.25, 0.3) is 0 Å². The van der Waals surface area contributed by atoms with E-state index in [4.69, 9.17) is 4.74 Å². The summed E-state index contributed by atoms with van der Waals surface area (Å²) in [5.74, 6) is 0.831. The molecule has 35 heavy (non-hydrogen) atoms. The van der Waals surface area contributed by atoms with Crippen LogP contribution >= 0.6 is 0 Å². The van der Waals surface area contributed by atoms with Gasteiger partial charge in [-0.15, -0.1) is 0 Å². The molecule has 0 spiro atoms. The minimum absolute atomic E-state index is 0.126. The molecule has 184 valence electrons. The molecule has 5 rings (SSSR count). The number of ether oxygens (including phenoxy) is 1. The standard InChI is InChI=1S/C31H38N2O2/c1-23(2)32-17-15-28(16-18-32)33-19-20-35-29-14-13-26(21-27(29)22-33)31(34)30(24-9-5-3-6-10-24)25-11-7-4-8-12-25/h3-14,21,23,28,30-31,34H,15-20,22H2,1-2H3/t31-/m0/s1. The molecule has 1 saturated heterocycles. The van der Waals surface area contributed by atoms with Crippen molar-refractivity contribution in [3.8, 4) is 5.75 Å². The van der Waals surface area contributed by atoms with Gasteiger partial charge in [0.2, 0.25) is 0 Å². The van der Waals surface area contributed by atoms with Gasteiger partial charge in [0.15, 0.2) is 0 Å². The van der Waals surface area contributed by atoms with E-state index in [1.54, 1.807) is 0 Å². The Kier molecular flexibility index (Phi) is 7.52. The number of aliphatic hydroxyl groups excluding tert-OH is 1. The molecular formula is C31H38N2O2. The second-order valence-electron chi connectivity index (χ2n) is 10.3. The van der Waals surface area contributed by atoms with E-state index in [-0.39, 0.29) is 5.92 Å². The molecule has 4 heteroatoms. The van der Waals surface area contributed by atoms with E-state index >= 15 is 0 Å². The van der Waals surface area contributed by atoms with Crippen molar-refractivity contribution in [3.05, 3.63) is 101 Å². The highest BCUT2D eigenvalue weighted by molar-refractivity contribution is 5.42. The van der Waals surface area contributed by atoms with Crippen molar-refractivity contribution in [1.82, 2.24) is 9.80 Å². The van der Waals surface area contributed by atoms with Gasteiger partial charge in [0.05, 0.1) is 6.10 Å². The number of hydrogen-bond donors (Lipinski definition) is 1. The molecule has 0 aliphatic carbocycles. The largest absolute Gasteiger partial charge is 0.492 e. The molecule has 0 unspecified atom stereocenters. The highest BCUT2D eigenvalue weighted by atomic mass is 16.5. The van der Waals surface area contributed by atoms with Gasteiger partial charge in [-0.1, -0.05) is 66.7 Å². The number of hydrogen-bond acceptors (Lipinski definition) is 4. The molecule has 0 radical (unpaired) electrons. The molecule has 1 atom stereocenters. The summed E-state index contributed by atoms with van der Waals surface area (Å²) in [5, 5.41) is 11.7. The molecule has 4 nitrogen and oxygen atoms in total. The van der Waals surface area contributed by atoms with Crippen LogP contribution in [0.3, 0.4) is 0 Å². The normalized spacial score (nSPS) is 18.8. The van der Waals surface area contributed by atoms with E-state index in [0.29, 0.717) is 12.1 Å². The van der Waals surface area contributed by atoms with Gasteiger partial charge in [0.1, 0.15) is 12.4 Å². The van der Waals surface area contributed by atoms with E-state index in [1.165, 1.54) is 31.5 Å². The minimum Gasteiger partial charge on any atom is -0.492 e. The molecule has 3 aromatic carbocycles. The number of benzene rings is 3. The third kappa shape index (κ3) is 5.45. The molecule has 2 heterocycles. The molecule has 0 bridgehead atoms. The van der Waals surface area contributed by atoms with E-state index < -0.39 is 6.10 Å². The summed E-state index contributed by atoms with van der Waals surface area (Å²) in [6, 6.07) is 28.2. The molecule has 1 N–H and O–H groups in total. The Labute approximate surface area is 210 Å². The maximum absolute atomic E-state index is 11.7. The molecule has 1 fully saturated rings. The zero-order valence-corrected chi connectivity index (χ0v) is 21.0. The van der Waals surface area contributed by atoms with Crippen LogP contribution in [-0.4, -0.2) is 53.2 Å². The number of piperidine rings is 1. The Balaban J connectivity index is 1.39. The van der Waals surface area contributed by atoms with Crippen LogP contribution in [0.1, 0.15) is 61.0 Å². The van der Waals surface area contributed by atoms with Crippen molar-refractivity contribution >= 4 is 0 Å². The van der Waals surface area contributed by atoms with Crippen molar-refractivity contribution in [1.29, 1.82) is 0 Å². The van der Waals surface area contributed by atoms with Crippen LogP contribution in [0.4, 0.5) is 0 Å². The predicted molar refractivity (Wildman–Crippen MR) is 142 cm³/mol. The molecule has 2 aliphatic rings. The van der Waals surface area contributed by atoms with Gasteiger partial charge < -0.3 is 14.7 Å². The van der Waals surface area contributed by atoms with Gasteiger partial charge >= 0.3 is 0 Å². The molecule has 0 aromatic heterocycles. The summed E-state index contributed by atoms with van der Waals surface area (Å²) in [7, 11) is 0. The van der Waals surface area contributed by atoms with Gasteiger partial charge in [-0.3, -0.25) is 4.90 Å². The Morgan fingerprint density at radius 3 is 2.03 bits per heavy atom. The topological polar surface area (TPSA) is 35.9 Å². The second kappa shape index (κ2) is 10.9. The first-order valence-electron chi connectivity index (χ1n) is 13.1. The Morgan fingerprint density at radius 2 is 1.43 bits per heavy atom. The molecule has 3 aromatic rings. The fraction of sp³-hybridized carbons (Fsp3) is 0.419. The number of likely N-dealkylation sites (tertiary alicyclic amines) is 1. The highest BCUT2D eigenvalue weighted by Gasteiger charge is 2.29. The first kappa shape index (κ1) is 24.1.